The summed E-state index contributed by atoms with van der Waals surface area (Å²) in [5, 5.41) is 3.34. The van der Waals surface area contributed by atoms with E-state index in [4.69, 9.17) is 0 Å². The van der Waals surface area contributed by atoms with Gasteiger partial charge in [-0.1, -0.05) is 13.8 Å². The second kappa shape index (κ2) is 6.80. The van der Waals surface area contributed by atoms with Gasteiger partial charge in [-0.3, -0.25) is 4.90 Å². The Kier molecular flexibility index (Phi) is 5.08. The number of rotatable bonds is 5. The van der Waals surface area contributed by atoms with Gasteiger partial charge in [-0.2, -0.15) is 0 Å². The molecule has 106 valence electrons. The molecule has 0 saturated carbocycles. The highest BCUT2D eigenvalue weighted by molar-refractivity contribution is 5.55. The smallest absolute Gasteiger partial charge is 0.0368 e. The maximum Gasteiger partial charge on any atom is 0.0368 e. The van der Waals surface area contributed by atoms with E-state index in [-0.39, 0.29) is 0 Å². The van der Waals surface area contributed by atoms with Gasteiger partial charge >= 0.3 is 0 Å². The summed E-state index contributed by atoms with van der Waals surface area (Å²) in [5.74, 6) is 0.769. The first-order chi connectivity index (χ1) is 9.19. The van der Waals surface area contributed by atoms with E-state index in [1.807, 2.05) is 0 Å². The van der Waals surface area contributed by atoms with Crippen molar-refractivity contribution in [2.75, 3.05) is 49.5 Å². The zero-order chi connectivity index (χ0) is 13.7. The third-order valence-electron chi connectivity index (χ3n) is 3.61. The molecule has 1 heterocycles. The first-order valence-corrected chi connectivity index (χ1v) is 7.50. The van der Waals surface area contributed by atoms with Crippen LogP contribution in [-0.4, -0.2) is 44.2 Å². The molecule has 19 heavy (non-hydrogen) atoms. The van der Waals surface area contributed by atoms with Crippen molar-refractivity contribution in [1.82, 2.24) is 4.90 Å². The van der Waals surface area contributed by atoms with Crippen LogP contribution in [0.3, 0.4) is 0 Å². The normalized spacial score (nSPS) is 16.9. The molecule has 1 saturated heterocycles. The van der Waals surface area contributed by atoms with Gasteiger partial charge in [-0.05, 0) is 37.1 Å². The Hall–Kier alpha value is -1.22. The predicted molar refractivity (Wildman–Crippen MR) is 84.1 cm³/mol. The Labute approximate surface area is 117 Å². The second-order valence-electron chi connectivity index (χ2n) is 5.76. The standard InChI is InChI=1S/C16H27N3/c1-4-17-15-5-7-16(8-6-15)19-11-9-18(10-12-19)13-14(2)3/h5-8,14,17H,4,9-13H2,1-3H3. The van der Waals surface area contributed by atoms with Gasteiger partial charge in [0.1, 0.15) is 0 Å². The number of anilines is 2. The van der Waals surface area contributed by atoms with E-state index < -0.39 is 0 Å². The molecule has 0 radical (unpaired) electrons. The fourth-order valence-electron chi connectivity index (χ4n) is 2.70. The fraction of sp³-hybridized carbons (Fsp3) is 0.625. The molecule has 0 aromatic heterocycles. The maximum absolute atomic E-state index is 3.34. The summed E-state index contributed by atoms with van der Waals surface area (Å²) in [5.41, 5.74) is 2.57. The largest absolute Gasteiger partial charge is 0.385 e. The summed E-state index contributed by atoms with van der Waals surface area (Å²) < 4.78 is 0. The summed E-state index contributed by atoms with van der Waals surface area (Å²) in [6.45, 7) is 13.6. The lowest BCUT2D eigenvalue weighted by atomic mass is 10.2. The van der Waals surface area contributed by atoms with Crippen LogP contribution < -0.4 is 10.2 Å². The average Bonchev–Trinajstić information content (AvgIpc) is 2.40. The monoisotopic (exact) mass is 261 g/mol. The molecule has 0 spiro atoms. The first-order valence-electron chi connectivity index (χ1n) is 7.50. The Balaban J connectivity index is 1.87. The SMILES string of the molecule is CCNc1ccc(N2CCN(CC(C)C)CC2)cc1. The molecule has 0 unspecified atom stereocenters. The van der Waals surface area contributed by atoms with Crippen LogP contribution in [0.5, 0.6) is 0 Å². The average molecular weight is 261 g/mol. The molecule has 1 fully saturated rings. The van der Waals surface area contributed by atoms with Gasteiger partial charge < -0.3 is 10.2 Å². The quantitative estimate of drug-likeness (QED) is 0.879. The van der Waals surface area contributed by atoms with Crippen molar-refractivity contribution < 1.29 is 0 Å². The summed E-state index contributed by atoms with van der Waals surface area (Å²) in [6, 6.07) is 8.82. The number of hydrogen-bond donors (Lipinski definition) is 1. The van der Waals surface area contributed by atoms with E-state index in [1.54, 1.807) is 0 Å². The van der Waals surface area contributed by atoms with Crippen molar-refractivity contribution in [3.8, 4) is 0 Å². The Morgan fingerprint density at radius 2 is 1.68 bits per heavy atom. The van der Waals surface area contributed by atoms with E-state index in [0.29, 0.717) is 0 Å². The minimum atomic E-state index is 0.769. The Morgan fingerprint density at radius 3 is 2.21 bits per heavy atom. The minimum absolute atomic E-state index is 0.769. The van der Waals surface area contributed by atoms with Gasteiger partial charge in [0.05, 0.1) is 0 Å². The van der Waals surface area contributed by atoms with Crippen molar-refractivity contribution in [2.45, 2.75) is 20.8 Å². The molecule has 0 atom stereocenters. The van der Waals surface area contributed by atoms with Gasteiger partial charge in [-0.15, -0.1) is 0 Å². The topological polar surface area (TPSA) is 18.5 Å². The van der Waals surface area contributed by atoms with Crippen molar-refractivity contribution in [1.29, 1.82) is 0 Å². The second-order valence-corrected chi connectivity index (χ2v) is 5.76. The zero-order valence-electron chi connectivity index (χ0n) is 12.5. The van der Waals surface area contributed by atoms with Crippen molar-refractivity contribution in [3.05, 3.63) is 24.3 Å². The van der Waals surface area contributed by atoms with Crippen LogP contribution >= 0.6 is 0 Å². The summed E-state index contributed by atoms with van der Waals surface area (Å²) in [4.78, 5) is 5.07. The van der Waals surface area contributed by atoms with Gasteiger partial charge in [0, 0.05) is 50.6 Å². The molecule has 0 aliphatic carbocycles. The van der Waals surface area contributed by atoms with Crippen molar-refractivity contribution >= 4 is 11.4 Å². The lowest BCUT2D eigenvalue weighted by Gasteiger charge is -2.36. The third kappa shape index (κ3) is 4.13. The van der Waals surface area contributed by atoms with E-state index in [0.717, 1.165) is 25.6 Å². The molecule has 1 aromatic rings. The van der Waals surface area contributed by atoms with Crippen LogP contribution in [0, 0.1) is 5.92 Å². The molecule has 3 heteroatoms. The van der Waals surface area contributed by atoms with Gasteiger partial charge in [0.25, 0.3) is 0 Å². The molecule has 1 aliphatic rings. The lowest BCUT2D eigenvalue weighted by molar-refractivity contribution is 0.231. The van der Waals surface area contributed by atoms with Gasteiger partial charge in [-0.25, -0.2) is 0 Å². The highest BCUT2D eigenvalue weighted by atomic mass is 15.3. The van der Waals surface area contributed by atoms with Crippen LogP contribution in [0.1, 0.15) is 20.8 Å². The maximum atomic E-state index is 3.34. The van der Waals surface area contributed by atoms with E-state index >= 15 is 0 Å². The predicted octanol–water partition coefficient (Wildman–Crippen LogP) is 2.90. The molecule has 0 bridgehead atoms. The number of nitrogens with one attached hydrogen (secondary N) is 1. The summed E-state index contributed by atoms with van der Waals surface area (Å²) >= 11 is 0. The molecule has 1 aromatic carbocycles. The minimum Gasteiger partial charge on any atom is -0.385 e. The van der Waals surface area contributed by atoms with Crippen LogP contribution in [0.4, 0.5) is 11.4 Å². The summed E-state index contributed by atoms with van der Waals surface area (Å²) in [6.07, 6.45) is 0. The molecule has 1 N–H and O–H groups in total. The van der Waals surface area contributed by atoms with Crippen molar-refractivity contribution in [3.63, 3.8) is 0 Å². The van der Waals surface area contributed by atoms with Crippen LogP contribution in [0.25, 0.3) is 0 Å². The zero-order valence-corrected chi connectivity index (χ0v) is 12.5. The molecule has 2 rings (SSSR count). The molecule has 1 aliphatic heterocycles. The molecule has 3 nitrogen and oxygen atoms in total. The Bertz CT molecular complexity index is 364. The number of hydrogen-bond acceptors (Lipinski definition) is 3. The van der Waals surface area contributed by atoms with E-state index in [2.05, 4.69) is 60.2 Å². The third-order valence-corrected chi connectivity index (χ3v) is 3.61. The fourth-order valence-corrected chi connectivity index (χ4v) is 2.70. The molecular weight excluding hydrogens is 234 g/mol. The number of piperazine rings is 1. The highest BCUT2D eigenvalue weighted by Crippen LogP contribution is 2.19. The molecule has 0 amide bonds. The first kappa shape index (κ1) is 14.2. The number of nitrogens with zero attached hydrogens (tertiary/aromatic N) is 2. The highest BCUT2D eigenvalue weighted by Gasteiger charge is 2.17. The Morgan fingerprint density at radius 1 is 1.05 bits per heavy atom. The number of benzene rings is 1. The van der Waals surface area contributed by atoms with E-state index in [9.17, 15) is 0 Å². The van der Waals surface area contributed by atoms with Gasteiger partial charge in [0.2, 0.25) is 0 Å². The van der Waals surface area contributed by atoms with Crippen molar-refractivity contribution in [2.24, 2.45) is 5.92 Å². The summed E-state index contributed by atoms with van der Waals surface area (Å²) in [7, 11) is 0. The van der Waals surface area contributed by atoms with Crippen LogP contribution in [0.2, 0.25) is 0 Å². The van der Waals surface area contributed by atoms with Crippen LogP contribution in [0.15, 0.2) is 24.3 Å². The van der Waals surface area contributed by atoms with E-state index in [1.165, 1.54) is 31.0 Å². The molecular formula is C16H27N3. The van der Waals surface area contributed by atoms with Gasteiger partial charge in [0.15, 0.2) is 0 Å². The van der Waals surface area contributed by atoms with Crippen LogP contribution in [-0.2, 0) is 0 Å². The lowest BCUT2D eigenvalue weighted by Crippen LogP contribution is -2.47.